The second-order valence-electron chi connectivity index (χ2n) is 20.6. The Morgan fingerprint density at radius 3 is 2.20 bits per heavy atom. The number of halogens is 5. The van der Waals surface area contributed by atoms with Crippen molar-refractivity contribution < 1.29 is 42.1 Å². The summed E-state index contributed by atoms with van der Waals surface area (Å²) in [6, 6.07) is 19.8. The van der Waals surface area contributed by atoms with Crippen molar-refractivity contribution in [3.63, 3.8) is 0 Å². The van der Waals surface area contributed by atoms with Crippen molar-refractivity contribution in [1.82, 2.24) is 30.7 Å². The maximum Gasteiger partial charge on any atom is 0.251 e. The Kier molecular flexibility index (Phi) is 19.5. The molecule has 0 unspecified atom stereocenters. The third-order valence-corrected chi connectivity index (χ3v) is 16.0. The molecule has 22 heteroatoms. The number of amides is 3. The van der Waals surface area contributed by atoms with Gasteiger partial charge in [-0.3, -0.25) is 23.9 Å². The Bertz CT molecular complexity index is 3330. The predicted octanol–water partition coefficient (Wildman–Crippen LogP) is 10.3. The highest BCUT2D eigenvalue weighted by molar-refractivity contribution is 7.15. The van der Waals surface area contributed by atoms with Crippen molar-refractivity contribution in [1.29, 1.82) is 5.26 Å². The van der Waals surface area contributed by atoms with Crippen LogP contribution in [0.5, 0.6) is 5.75 Å². The number of benzene rings is 4. The summed E-state index contributed by atoms with van der Waals surface area (Å²) in [6.07, 6.45) is 0.345. The minimum atomic E-state index is -1.82. The van der Waals surface area contributed by atoms with Crippen LogP contribution in [0.15, 0.2) is 83.9 Å². The van der Waals surface area contributed by atoms with Gasteiger partial charge in [0.2, 0.25) is 11.8 Å². The van der Waals surface area contributed by atoms with E-state index in [-0.39, 0.29) is 96.4 Å². The number of hydrogen-bond donors (Lipinski definition) is 4. The van der Waals surface area contributed by atoms with E-state index in [9.17, 15) is 19.6 Å². The summed E-state index contributed by atoms with van der Waals surface area (Å²) in [5.41, 5.74) is 1.81. The molecule has 8 rings (SSSR count). The van der Waals surface area contributed by atoms with Crippen molar-refractivity contribution in [2.24, 2.45) is 10.4 Å². The lowest BCUT2D eigenvalue weighted by Crippen LogP contribution is -2.45. The SMILES string of the molecule is COc1cc(C(=O)NCCOCCOCCOCCNC(=O)C[C@@H]2N=C(c3ccc(Cl)cc3)c3c(sc(C)c3C)-n3c(C)nnc32)ccc1NC(=O)[C@H]1N[C@H](CC(C)(C)C)[C@@](C#N)(c2ccc(Cl)cc2F)[C@@H]1c1cccc(Cl)c1F. The molecule has 0 saturated carbocycles. The van der Waals surface area contributed by atoms with Crippen LogP contribution in [0, 0.1) is 49.2 Å². The molecule has 2 aliphatic heterocycles. The summed E-state index contributed by atoms with van der Waals surface area (Å²) < 4.78 is 56.8. The van der Waals surface area contributed by atoms with Crippen molar-refractivity contribution in [2.45, 2.75) is 83.8 Å². The molecule has 1 fully saturated rings. The molecule has 2 aromatic heterocycles. The molecule has 4 aromatic carbocycles. The first-order valence-corrected chi connectivity index (χ1v) is 27.9. The number of nitrogens with zero attached hydrogens (tertiary/aromatic N) is 5. The lowest BCUT2D eigenvalue weighted by molar-refractivity contribution is -0.121. The van der Waals surface area contributed by atoms with Gasteiger partial charge in [0, 0.05) is 62.2 Å². The molecule has 0 bridgehead atoms. The molecular formula is C58H62Cl3F2N9O7S. The third-order valence-electron chi connectivity index (χ3n) is 14.0. The molecule has 4 heterocycles. The number of aryl methyl sites for hydroxylation is 2. The van der Waals surface area contributed by atoms with Gasteiger partial charge in [-0.25, -0.2) is 8.78 Å². The fourth-order valence-electron chi connectivity index (χ4n) is 10.2. The molecule has 0 spiro atoms. The topological polar surface area (TPSA) is 203 Å². The average molecular weight is 1170 g/mol. The molecule has 6 aromatic rings. The minimum absolute atomic E-state index is 0.0499. The maximum absolute atomic E-state index is 16.2. The quantitative estimate of drug-likeness (QED) is 0.0471. The number of ether oxygens (including phenoxy) is 4. The van der Waals surface area contributed by atoms with Gasteiger partial charge in [-0.1, -0.05) is 85.9 Å². The van der Waals surface area contributed by atoms with Gasteiger partial charge >= 0.3 is 0 Å². The van der Waals surface area contributed by atoms with Gasteiger partial charge in [-0.05, 0) is 92.3 Å². The molecule has 4 N–H and O–H groups in total. The Hall–Kier alpha value is -6.34. The van der Waals surface area contributed by atoms with Crippen molar-refractivity contribution in [3.05, 3.63) is 155 Å². The van der Waals surface area contributed by atoms with Gasteiger partial charge < -0.3 is 40.2 Å². The fraction of sp³-hybridized carbons (Fsp3) is 0.397. The maximum atomic E-state index is 16.2. The second-order valence-corrected chi connectivity index (χ2v) is 23.1. The van der Waals surface area contributed by atoms with E-state index in [0.29, 0.717) is 29.9 Å². The highest BCUT2D eigenvalue weighted by Crippen LogP contribution is 2.53. The van der Waals surface area contributed by atoms with Crippen LogP contribution in [-0.4, -0.2) is 110 Å². The van der Waals surface area contributed by atoms with Crippen LogP contribution in [0.1, 0.15) is 100 Å². The van der Waals surface area contributed by atoms with Crippen molar-refractivity contribution in [2.75, 3.05) is 65.2 Å². The van der Waals surface area contributed by atoms with Gasteiger partial charge in [0.1, 0.15) is 39.7 Å². The Labute approximate surface area is 482 Å². The van der Waals surface area contributed by atoms with Gasteiger partial charge in [0.15, 0.2) is 5.82 Å². The zero-order valence-corrected chi connectivity index (χ0v) is 48.4. The summed E-state index contributed by atoms with van der Waals surface area (Å²) in [4.78, 5) is 47.4. The van der Waals surface area contributed by atoms with Crippen LogP contribution in [-0.2, 0) is 29.2 Å². The summed E-state index contributed by atoms with van der Waals surface area (Å²) in [5, 5.41) is 33.4. The minimum Gasteiger partial charge on any atom is -0.495 e. The Balaban J connectivity index is 0.776. The average Bonchev–Trinajstić information content (AvgIpc) is 4.24. The van der Waals surface area contributed by atoms with E-state index in [2.05, 4.69) is 51.4 Å². The Morgan fingerprint density at radius 1 is 0.863 bits per heavy atom. The number of nitrogens with one attached hydrogen (secondary N) is 4. The normalized spacial score (nSPS) is 18.6. The fourth-order valence-corrected chi connectivity index (χ4v) is 11.9. The smallest absolute Gasteiger partial charge is 0.251 e. The number of fused-ring (bicyclic) bond motifs is 3. The molecule has 0 radical (unpaired) electrons. The van der Waals surface area contributed by atoms with Gasteiger partial charge in [0.05, 0.1) is 81.7 Å². The number of carbonyl (C=O) groups excluding carboxylic acids is 3. The highest BCUT2D eigenvalue weighted by atomic mass is 35.5. The van der Waals surface area contributed by atoms with Crippen LogP contribution >= 0.6 is 46.1 Å². The number of anilines is 1. The summed E-state index contributed by atoms with van der Waals surface area (Å²) in [7, 11) is 1.38. The highest BCUT2D eigenvalue weighted by Gasteiger charge is 2.61. The zero-order valence-electron chi connectivity index (χ0n) is 45.3. The molecule has 2 aliphatic rings. The first-order valence-electron chi connectivity index (χ1n) is 26.0. The predicted molar refractivity (Wildman–Crippen MR) is 305 cm³/mol. The van der Waals surface area contributed by atoms with Crippen LogP contribution in [0.3, 0.4) is 0 Å². The number of aromatic nitrogens is 3. The summed E-state index contributed by atoms with van der Waals surface area (Å²) >= 11 is 20.3. The van der Waals surface area contributed by atoms with Gasteiger partial charge in [0.25, 0.3) is 5.91 Å². The van der Waals surface area contributed by atoms with Crippen LogP contribution in [0.4, 0.5) is 14.5 Å². The van der Waals surface area contributed by atoms with Crippen LogP contribution in [0.25, 0.3) is 5.00 Å². The first kappa shape index (κ1) is 59.8. The molecular weight excluding hydrogens is 1110 g/mol. The molecule has 80 heavy (non-hydrogen) atoms. The van der Waals surface area contributed by atoms with Gasteiger partial charge in [-0.15, -0.1) is 21.5 Å². The van der Waals surface area contributed by atoms with E-state index in [1.165, 1.54) is 55.6 Å². The van der Waals surface area contributed by atoms with E-state index in [4.69, 9.17) is 58.7 Å². The standard InChI is InChI=1S/C58H62Cl3F2N9O7S/c1-32-33(2)80-56-48(32)51(35-11-14-37(59)15-12-35)67-44(53-71-70-34(3)72(53)56)29-47(73)65-19-21-77-23-25-79-26-24-78-22-20-66-54(74)36-13-18-43(45(27-36)76-7)68-55(75)52-49(39-9-8-10-41(61)50(39)63)58(31-64,46(69-52)30-57(4,5)6)40-17-16-38(60)28-42(40)62/h8-18,27-28,44,46,49,52,69H,19-26,29-30H2,1-7H3,(H,65,73)(H,66,74)(H,68,75)/t44-,46+,49+,52-,58+/m0/s1. The number of nitriles is 1. The van der Waals surface area contributed by atoms with Crippen LogP contribution in [0.2, 0.25) is 15.1 Å². The van der Waals surface area contributed by atoms with E-state index in [1.807, 2.05) is 56.5 Å². The van der Waals surface area contributed by atoms with Crippen molar-refractivity contribution in [3.8, 4) is 16.8 Å². The van der Waals surface area contributed by atoms with E-state index in [1.54, 1.807) is 11.3 Å². The van der Waals surface area contributed by atoms with Gasteiger partial charge in [-0.2, -0.15) is 5.26 Å². The lowest BCUT2D eigenvalue weighted by Gasteiger charge is -2.37. The van der Waals surface area contributed by atoms with E-state index in [0.717, 1.165) is 38.3 Å². The molecule has 1 saturated heterocycles. The molecule has 16 nitrogen and oxygen atoms in total. The third kappa shape index (κ3) is 13.2. The number of thiophene rings is 1. The number of rotatable bonds is 22. The number of methoxy groups -OCH3 is 1. The van der Waals surface area contributed by atoms with E-state index >= 15 is 8.78 Å². The Morgan fingerprint density at radius 2 is 1.54 bits per heavy atom. The lowest BCUT2D eigenvalue weighted by atomic mass is 9.62. The number of carbonyl (C=O) groups is 3. The largest absolute Gasteiger partial charge is 0.495 e. The molecule has 3 amide bonds. The molecule has 0 aliphatic carbocycles. The zero-order chi connectivity index (χ0) is 57.5. The second kappa shape index (κ2) is 26.1. The van der Waals surface area contributed by atoms with E-state index < -0.39 is 58.3 Å². The molecule has 422 valence electrons. The summed E-state index contributed by atoms with van der Waals surface area (Å²) in [6.45, 7) is 14.0. The number of hydrogen-bond acceptors (Lipinski definition) is 13. The number of aliphatic imine (C=N–C) groups is 1. The summed E-state index contributed by atoms with van der Waals surface area (Å²) in [5.74, 6) is -2.77. The monoisotopic (exact) mass is 1170 g/mol. The van der Waals surface area contributed by atoms with Crippen molar-refractivity contribution >= 4 is 75.3 Å². The molecule has 5 atom stereocenters. The first-order chi connectivity index (χ1) is 38.3. The van der Waals surface area contributed by atoms with Crippen LogP contribution < -0.4 is 26.0 Å².